The van der Waals surface area contributed by atoms with E-state index >= 15 is 0 Å². The van der Waals surface area contributed by atoms with Crippen LogP contribution in [0.2, 0.25) is 0 Å². The van der Waals surface area contributed by atoms with Crippen molar-refractivity contribution in [1.82, 2.24) is 9.55 Å². The van der Waals surface area contributed by atoms with Crippen molar-refractivity contribution in [2.45, 2.75) is 0 Å². The molecule has 0 saturated carbocycles. The van der Waals surface area contributed by atoms with Crippen molar-refractivity contribution in [3.63, 3.8) is 0 Å². The van der Waals surface area contributed by atoms with Gasteiger partial charge in [-0.05, 0) is 46.2 Å². The van der Waals surface area contributed by atoms with Gasteiger partial charge in [-0.15, -0.1) is 48.1 Å². The Kier molecular flexibility index (Phi) is 9.08. The molecule has 11 rings (SSSR count). The molecule has 5 nitrogen and oxygen atoms in total. The van der Waals surface area contributed by atoms with Crippen LogP contribution in [0.4, 0.5) is 22.7 Å². The number of fused-ring (bicyclic) bond motifs is 6. The molecule has 2 aromatic heterocycles. The third-order valence-corrected chi connectivity index (χ3v) is 10.7. The van der Waals surface area contributed by atoms with Gasteiger partial charge < -0.3 is 19.1 Å². The Hall–Kier alpha value is -6.94. The average molecular weight is 925 g/mol. The summed E-state index contributed by atoms with van der Waals surface area (Å²) in [5.41, 5.74) is 10.7. The molecule has 0 radical (unpaired) electrons. The van der Waals surface area contributed by atoms with Gasteiger partial charge in [0, 0.05) is 77.9 Å². The third-order valence-electron chi connectivity index (χ3n) is 10.7. The Morgan fingerprint density at radius 1 is 0.483 bits per heavy atom. The summed E-state index contributed by atoms with van der Waals surface area (Å²) in [5, 5.41) is 4.56. The van der Waals surface area contributed by atoms with Crippen LogP contribution in [0.3, 0.4) is 0 Å². The summed E-state index contributed by atoms with van der Waals surface area (Å²) in [6.45, 7) is 2.20. The summed E-state index contributed by atoms with van der Waals surface area (Å²) in [6.07, 6.45) is 1.82. The maximum Gasteiger partial charge on any atom is 0.135 e. The quantitative estimate of drug-likeness (QED) is 0.149. The molecule has 1 aliphatic rings. The van der Waals surface area contributed by atoms with Gasteiger partial charge in [-0.3, -0.25) is 0 Å². The standard InChI is InChI=1S/C52H33N4O.Pt/c1-3-15-36(16-4-1)42-24-14-25-43(37-17-5-2-6-18-37)51(42)55-35-54(48-31-28-38-19-7-8-22-44(38)52(48)55)39-20-13-21-40(33-39)57-41-29-30-46-45-23-9-10-26-47(45)56(49(46)34-41)50-27-11-12-32-53-50;/h1-32,35H;/q-3;. The van der Waals surface area contributed by atoms with Crippen LogP contribution in [0, 0.1) is 18.8 Å². The monoisotopic (exact) mass is 924 g/mol. The summed E-state index contributed by atoms with van der Waals surface area (Å²) in [4.78, 5) is 9.27. The third kappa shape index (κ3) is 6.03. The zero-order chi connectivity index (χ0) is 37.7. The van der Waals surface area contributed by atoms with Crippen molar-refractivity contribution in [3.8, 4) is 39.6 Å². The van der Waals surface area contributed by atoms with E-state index in [0.717, 1.165) is 78.0 Å². The van der Waals surface area contributed by atoms with Crippen LogP contribution in [-0.2, 0) is 21.1 Å². The Morgan fingerprint density at radius 3 is 1.91 bits per heavy atom. The van der Waals surface area contributed by atoms with Gasteiger partial charge in [0.05, 0.1) is 0 Å². The SMILES string of the molecule is [Pt].[c-]1c(Oc2[c-]c3c(cc2)c2ccccc2n3-c2ccccn2)cccc1N1[CH-]N(c2c(-c3ccccc3)cccc2-c2ccccc2)c2c1ccc1ccccc21. The topological polar surface area (TPSA) is 33.5 Å². The van der Waals surface area contributed by atoms with Gasteiger partial charge in [-0.1, -0.05) is 139 Å². The van der Waals surface area contributed by atoms with Crippen LogP contribution in [-0.4, -0.2) is 9.55 Å². The van der Waals surface area contributed by atoms with E-state index < -0.39 is 0 Å². The van der Waals surface area contributed by atoms with Gasteiger partial charge in [0.15, 0.2) is 0 Å². The van der Waals surface area contributed by atoms with Crippen molar-refractivity contribution in [2.75, 3.05) is 9.80 Å². The van der Waals surface area contributed by atoms with Crippen LogP contribution >= 0.6 is 0 Å². The van der Waals surface area contributed by atoms with Gasteiger partial charge >= 0.3 is 0 Å². The molecule has 0 aliphatic carbocycles. The number of aromatic nitrogens is 2. The van der Waals surface area contributed by atoms with Crippen molar-refractivity contribution in [3.05, 3.63) is 213 Å². The zero-order valence-corrected chi connectivity index (χ0v) is 33.3. The van der Waals surface area contributed by atoms with Crippen molar-refractivity contribution in [1.29, 1.82) is 0 Å². The van der Waals surface area contributed by atoms with E-state index in [2.05, 4.69) is 190 Å². The zero-order valence-electron chi connectivity index (χ0n) is 31.1. The molecule has 0 bridgehead atoms. The van der Waals surface area contributed by atoms with Crippen molar-refractivity contribution >= 4 is 55.3 Å². The second-order valence-electron chi connectivity index (χ2n) is 14.1. The minimum atomic E-state index is 0. The van der Waals surface area contributed by atoms with Gasteiger partial charge in [-0.25, -0.2) is 4.98 Å². The average Bonchev–Trinajstić information content (AvgIpc) is 3.83. The van der Waals surface area contributed by atoms with Crippen LogP contribution in [0.1, 0.15) is 0 Å². The van der Waals surface area contributed by atoms with Crippen LogP contribution in [0.5, 0.6) is 11.5 Å². The summed E-state index contributed by atoms with van der Waals surface area (Å²) < 4.78 is 8.74. The minimum absolute atomic E-state index is 0. The number of para-hydroxylation sites is 2. The van der Waals surface area contributed by atoms with Crippen molar-refractivity contribution in [2.24, 2.45) is 0 Å². The number of benzene rings is 8. The fourth-order valence-corrected chi connectivity index (χ4v) is 8.20. The molecule has 0 fully saturated rings. The first-order valence-electron chi connectivity index (χ1n) is 19.0. The summed E-state index contributed by atoms with van der Waals surface area (Å²) in [6, 6.07) is 72.6. The maximum absolute atomic E-state index is 6.60. The second-order valence-corrected chi connectivity index (χ2v) is 14.1. The van der Waals surface area contributed by atoms with Crippen LogP contribution < -0.4 is 14.5 Å². The van der Waals surface area contributed by atoms with Crippen LogP contribution in [0.15, 0.2) is 194 Å². The number of ether oxygens (including phenoxy) is 1. The number of nitrogens with zero attached hydrogens (tertiary/aromatic N) is 4. The molecular weight excluding hydrogens is 892 g/mol. The molecule has 1 aliphatic heterocycles. The fraction of sp³-hybridized carbons (Fsp3) is 0. The first-order valence-corrected chi connectivity index (χ1v) is 19.0. The van der Waals surface area contributed by atoms with E-state index in [1.807, 2.05) is 42.6 Å². The predicted octanol–water partition coefficient (Wildman–Crippen LogP) is 13.5. The normalized spacial score (nSPS) is 12.2. The Morgan fingerprint density at radius 2 is 1.16 bits per heavy atom. The van der Waals surface area contributed by atoms with E-state index in [9.17, 15) is 0 Å². The van der Waals surface area contributed by atoms with Gasteiger partial charge in [0.2, 0.25) is 0 Å². The number of hydrogen-bond donors (Lipinski definition) is 0. The molecule has 0 spiro atoms. The number of anilines is 4. The molecule has 8 aromatic carbocycles. The summed E-state index contributed by atoms with van der Waals surface area (Å²) in [5.74, 6) is 2.02. The Labute approximate surface area is 351 Å². The van der Waals surface area contributed by atoms with E-state index in [1.54, 1.807) is 0 Å². The Balaban J connectivity index is 0.00000408. The molecule has 0 N–H and O–H groups in total. The largest absolute Gasteiger partial charge is 0.509 e. The van der Waals surface area contributed by atoms with Gasteiger partial charge in [0.25, 0.3) is 0 Å². The first-order chi connectivity index (χ1) is 28.3. The molecule has 0 amide bonds. The van der Waals surface area contributed by atoms with Crippen molar-refractivity contribution < 1.29 is 25.8 Å². The smallest absolute Gasteiger partial charge is 0.135 e. The van der Waals surface area contributed by atoms with E-state index in [-0.39, 0.29) is 21.1 Å². The summed E-state index contributed by atoms with van der Waals surface area (Å²) >= 11 is 0. The Bertz CT molecular complexity index is 3040. The minimum Gasteiger partial charge on any atom is -0.509 e. The van der Waals surface area contributed by atoms with Gasteiger partial charge in [0.1, 0.15) is 5.82 Å². The van der Waals surface area contributed by atoms with E-state index in [0.29, 0.717) is 11.5 Å². The van der Waals surface area contributed by atoms with E-state index in [4.69, 9.17) is 4.74 Å². The molecule has 10 aromatic rings. The molecule has 6 heteroatoms. The molecule has 0 saturated heterocycles. The first kappa shape index (κ1) is 35.5. The van der Waals surface area contributed by atoms with Crippen LogP contribution in [0.25, 0.3) is 60.6 Å². The molecule has 0 atom stereocenters. The molecular formula is C52H33N4OPt-3. The molecule has 280 valence electrons. The number of rotatable bonds is 7. The number of hydrogen-bond acceptors (Lipinski definition) is 4. The predicted molar refractivity (Wildman–Crippen MR) is 233 cm³/mol. The molecule has 3 heterocycles. The second kappa shape index (κ2) is 14.9. The fourth-order valence-electron chi connectivity index (χ4n) is 8.20. The summed E-state index contributed by atoms with van der Waals surface area (Å²) in [7, 11) is 0. The van der Waals surface area contributed by atoms with E-state index in [1.165, 1.54) is 5.39 Å². The number of pyridine rings is 1. The maximum atomic E-state index is 6.60. The van der Waals surface area contributed by atoms with Gasteiger partial charge in [-0.2, -0.15) is 12.1 Å². The molecule has 58 heavy (non-hydrogen) atoms. The molecule has 0 unspecified atom stereocenters.